The van der Waals surface area contributed by atoms with Gasteiger partial charge in [0.2, 0.25) is 5.91 Å². The molecule has 3 N–H and O–H groups in total. The van der Waals surface area contributed by atoms with Crippen molar-refractivity contribution in [2.45, 2.75) is 51.5 Å². The highest BCUT2D eigenvalue weighted by Gasteiger charge is 2.43. The SMILES string of the molecule is CCNC(=NCC1(c2ccccc2)CC1)NCCC(=O)NC(C)C.I. The van der Waals surface area contributed by atoms with E-state index in [1.54, 1.807) is 0 Å². The van der Waals surface area contributed by atoms with Gasteiger partial charge in [0, 0.05) is 31.0 Å². The van der Waals surface area contributed by atoms with Crippen molar-refractivity contribution < 1.29 is 4.79 Å². The molecule has 6 heteroatoms. The molecule has 0 aliphatic heterocycles. The van der Waals surface area contributed by atoms with E-state index in [2.05, 4.69) is 46.3 Å². The zero-order chi connectivity index (χ0) is 17.4. The average Bonchev–Trinajstić information content (AvgIpc) is 3.34. The van der Waals surface area contributed by atoms with Gasteiger partial charge in [-0.1, -0.05) is 30.3 Å². The topological polar surface area (TPSA) is 65.5 Å². The minimum Gasteiger partial charge on any atom is -0.357 e. The van der Waals surface area contributed by atoms with Crippen LogP contribution in [0, 0.1) is 0 Å². The average molecular weight is 458 g/mol. The molecule has 0 bridgehead atoms. The molecule has 1 aromatic rings. The van der Waals surface area contributed by atoms with E-state index in [4.69, 9.17) is 4.99 Å². The molecule has 1 aliphatic carbocycles. The quantitative estimate of drug-likeness (QED) is 0.319. The molecule has 0 atom stereocenters. The Labute approximate surface area is 168 Å². The van der Waals surface area contributed by atoms with Crippen molar-refractivity contribution in [1.82, 2.24) is 16.0 Å². The van der Waals surface area contributed by atoms with Gasteiger partial charge in [0.05, 0.1) is 6.54 Å². The van der Waals surface area contributed by atoms with Gasteiger partial charge < -0.3 is 16.0 Å². The van der Waals surface area contributed by atoms with Crippen LogP contribution in [-0.4, -0.2) is 37.5 Å². The molecule has 0 unspecified atom stereocenters. The minimum atomic E-state index is 0. The molecule has 0 saturated heterocycles. The monoisotopic (exact) mass is 458 g/mol. The van der Waals surface area contributed by atoms with E-state index in [0.29, 0.717) is 13.0 Å². The number of nitrogens with one attached hydrogen (secondary N) is 3. The number of aliphatic imine (C=N–C) groups is 1. The lowest BCUT2D eigenvalue weighted by Crippen LogP contribution is -2.40. The van der Waals surface area contributed by atoms with Gasteiger partial charge in [-0.05, 0) is 39.2 Å². The highest BCUT2D eigenvalue weighted by molar-refractivity contribution is 14.0. The summed E-state index contributed by atoms with van der Waals surface area (Å²) in [5.41, 5.74) is 1.58. The first-order valence-electron chi connectivity index (χ1n) is 8.93. The van der Waals surface area contributed by atoms with Gasteiger partial charge in [0.15, 0.2) is 5.96 Å². The Morgan fingerprint density at radius 3 is 2.44 bits per heavy atom. The fraction of sp³-hybridized carbons (Fsp3) is 0.579. The lowest BCUT2D eigenvalue weighted by Gasteiger charge is -2.16. The smallest absolute Gasteiger partial charge is 0.221 e. The highest BCUT2D eigenvalue weighted by atomic mass is 127. The van der Waals surface area contributed by atoms with Crippen molar-refractivity contribution in [3.63, 3.8) is 0 Å². The summed E-state index contributed by atoms with van der Waals surface area (Å²) in [6, 6.07) is 10.8. The predicted molar refractivity (Wildman–Crippen MR) is 115 cm³/mol. The molecule has 0 aromatic heterocycles. The van der Waals surface area contributed by atoms with E-state index >= 15 is 0 Å². The number of halogens is 1. The summed E-state index contributed by atoms with van der Waals surface area (Å²) in [5, 5.41) is 9.41. The van der Waals surface area contributed by atoms with Gasteiger partial charge in [-0.2, -0.15) is 0 Å². The molecule has 1 fully saturated rings. The molecule has 0 spiro atoms. The summed E-state index contributed by atoms with van der Waals surface area (Å²) in [4.78, 5) is 16.4. The maximum Gasteiger partial charge on any atom is 0.221 e. The Kier molecular flexibility index (Phi) is 9.24. The van der Waals surface area contributed by atoms with Crippen LogP contribution in [-0.2, 0) is 10.2 Å². The summed E-state index contributed by atoms with van der Waals surface area (Å²) >= 11 is 0. The molecule has 1 aromatic carbocycles. The first-order chi connectivity index (χ1) is 11.6. The Balaban J connectivity index is 0.00000312. The third-order valence-electron chi connectivity index (χ3n) is 4.22. The van der Waals surface area contributed by atoms with Gasteiger partial charge in [-0.15, -0.1) is 24.0 Å². The molecular formula is C19H31IN4O. The Hall–Kier alpha value is -1.31. The van der Waals surface area contributed by atoms with Gasteiger partial charge >= 0.3 is 0 Å². The maximum atomic E-state index is 11.7. The number of nitrogens with zero attached hydrogens (tertiary/aromatic N) is 1. The van der Waals surface area contributed by atoms with Crippen LogP contribution in [0.4, 0.5) is 0 Å². The number of hydrogen-bond acceptors (Lipinski definition) is 2. The van der Waals surface area contributed by atoms with Crippen LogP contribution < -0.4 is 16.0 Å². The fourth-order valence-corrected chi connectivity index (χ4v) is 2.74. The zero-order valence-electron chi connectivity index (χ0n) is 15.5. The van der Waals surface area contributed by atoms with Crippen LogP contribution in [0.1, 0.15) is 45.6 Å². The van der Waals surface area contributed by atoms with Gasteiger partial charge in [0.25, 0.3) is 0 Å². The Bertz CT molecular complexity index is 556. The molecule has 25 heavy (non-hydrogen) atoms. The second-order valence-electron chi connectivity index (χ2n) is 6.74. The van der Waals surface area contributed by atoms with Crippen LogP contribution in [0.5, 0.6) is 0 Å². The number of rotatable bonds is 8. The molecule has 1 aliphatic rings. The van der Waals surface area contributed by atoms with Crippen molar-refractivity contribution in [3.8, 4) is 0 Å². The summed E-state index contributed by atoms with van der Waals surface area (Å²) in [5.74, 6) is 0.855. The number of carbonyl (C=O) groups excluding carboxylic acids is 1. The van der Waals surface area contributed by atoms with Crippen LogP contribution in [0.2, 0.25) is 0 Å². The van der Waals surface area contributed by atoms with E-state index in [9.17, 15) is 4.79 Å². The zero-order valence-corrected chi connectivity index (χ0v) is 17.8. The highest BCUT2D eigenvalue weighted by Crippen LogP contribution is 2.48. The van der Waals surface area contributed by atoms with Crippen molar-refractivity contribution in [1.29, 1.82) is 0 Å². The summed E-state index contributed by atoms with van der Waals surface area (Å²) < 4.78 is 0. The molecule has 0 heterocycles. The van der Waals surface area contributed by atoms with E-state index in [1.165, 1.54) is 18.4 Å². The molecule has 1 amide bonds. The third-order valence-corrected chi connectivity index (χ3v) is 4.22. The Morgan fingerprint density at radius 1 is 1.20 bits per heavy atom. The van der Waals surface area contributed by atoms with E-state index in [0.717, 1.165) is 19.0 Å². The molecule has 140 valence electrons. The largest absolute Gasteiger partial charge is 0.357 e. The van der Waals surface area contributed by atoms with Crippen LogP contribution >= 0.6 is 24.0 Å². The third kappa shape index (κ3) is 7.22. The van der Waals surface area contributed by atoms with Crippen molar-refractivity contribution in [2.75, 3.05) is 19.6 Å². The van der Waals surface area contributed by atoms with Gasteiger partial charge in [-0.25, -0.2) is 0 Å². The number of benzene rings is 1. The number of hydrogen-bond donors (Lipinski definition) is 3. The van der Waals surface area contributed by atoms with Gasteiger partial charge in [0.1, 0.15) is 0 Å². The second kappa shape index (κ2) is 10.6. The van der Waals surface area contributed by atoms with E-state index in [-0.39, 0.29) is 41.3 Å². The van der Waals surface area contributed by atoms with Crippen molar-refractivity contribution >= 4 is 35.8 Å². The maximum absolute atomic E-state index is 11.7. The van der Waals surface area contributed by atoms with Crippen molar-refractivity contribution in [2.24, 2.45) is 4.99 Å². The summed E-state index contributed by atoms with van der Waals surface area (Å²) in [6.07, 6.45) is 2.83. The first-order valence-corrected chi connectivity index (χ1v) is 8.93. The lowest BCUT2D eigenvalue weighted by molar-refractivity contribution is -0.121. The molecule has 5 nitrogen and oxygen atoms in total. The summed E-state index contributed by atoms with van der Waals surface area (Å²) in [7, 11) is 0. The fourth-order valence-electron chi connectivity index (χ4n) is 2.74. The van der Waals surface area contributed by atoms with E-state index in [1.807, 2.05) is 20.8 Å². The lowest BCUT2D eigenvalue weighted by atomic mass is 9.96. The predicted octanol–water partition coefficient (Wildman–Crippen LogP) is 2.81. The number of guanidine groups is 1. The number of amides is 1. The van der Waals surface area contributed by atoms with Crippen LogP contribution in [0.25, 0.3) is 0 Å². The number of carbonyl (C=O) groups is 1. The molecular weight excluding hydrogens is 427 g/mol. The normalized spacial score (nSPS) is 15.3. The van der Waals surface area contributed by atoms with Crippen LogP contribution in [0.3, 0.4) is 0 Å². The first kappa shape index (κ1) is 21.7. The van der Waals surface area contributed by atoms with E-state index < -0.39 is 0 Å². The molecule has 0 radical (unpaired) electrons. The summed E-state index contributed by atoms with van der Waals surface area (Å²) in [6.45, 7) is 8.16. The minimum absolute atomic E-state index is 0. The molecule has 2 rings (SSSR count). The van der Waals surface area contributed by atoms with Crippen molar-refractivity contribution in [3.05, 3.63) is 35.9 Å². The van der Waals surface area contributed by atoms with Crippen LogP contribution in [0.15, 0.2) is 35.3 Å². The van der Waals surface area contributed by atoms with Gasteiger partial charge in [-0.3, -0.25) is 9.79 Å². The standard InChI is InChI=1S/C19H30N4O.HI/c1-4-20-18(21-13-10-17(24)23-15(2)3)22-14-19(11-12-19)16-8-6-5-7-9-16;/h5-9,15H,4,10-14H2,1-3H3,(H,23,24)(H2,20,21,22);1H. The second-order valence-corrected chi connectivity index (χ2v) is 6.74. The molecule has 1 saturated carbocycles. The Morgan fingerprint density at radius 2 is 1.88 bits per heavy atom.